The van der Waals surface area contributed by atoms with Crippen LogP contribution in [0.1, 0.15) is 35.2 Å². The van der Waals surface area contributed by atoms with Crippen molar-refractivity contribution >= 4 is 5.91 Å². The minimum absolute atomic E-state index is 0.155. The molecule has 8 nitrogen and oxygen atoms in total. The number of nitrogens with zero attached hydrogens (tertiary/aromatic N) is 5. The number of carbonyl (C=O) groups is 1. The van der Waals surface area contributed by atoms with Crippen molar-refractivity contribution in [3.05, 3.63) is 94.8 Å². The van der Waals surface area contributed by atoms with Gasteiger partial charge in [-0.3, -0.25) is 14.2 Å². The van der Waals surface area contributed by atoms with E-state index in [4.69, 9.17) is 0 Å². The average Bonchev–Trinajstić information content (AvgIpc) is 2.85. The molecule has 1 atom stereocenters. The second-order valence-electron chi connectivity index (χ2n) is 7.64. The van der Waals surface area contributed by atoms with Crippen molar-refractivity contribution in [3.8, 4) is 22.6 Å². The summed E-state index contributed by atoms with van der Waals surface area (Å²) in [6.45, 7) is 0.526. The first-order valence-electron chi connectivity index (χ1n) is 10.5. The number of hydrogen-bond acceptors (Lipinski definition) is 6. The van der Waals surface area contributed by atoms with Gasteiger partial charge in [0.2, 0.25) is 0 Å². The summed E-state index contributed by atoms with van der Waals surface area (Å²) in [5.41, 5.74) is 1.59. The molecule has 3 aromatic heterocycles. The topological polar surface area (TPSA) is 103 Å². The van der Waals surface area contributed by atoms with E-state index in [2.05, 4.69) is 25.3 Å². The molecular weight excluding hydrogens is 423 g/mol. The third kappa shape index (κ3) is 4.12. The van der Waals surface area contributed by atoms with Gasteiger partial charge in [0.05, 0.1) is 23.1 Å². The van der Waals surface area contributed by atoms with Crippen LogP contribution in [-0.2, 0) is 6.54 Å². The van der Waals surface area contributed by atoms with Gasteiger partial charge in [0.1, 0.15) is 23.7 Å². The van der Waals surface area contributed by atoms with Crippen LogP contribution in [0, 0.1) is 5.82 Å². The molecule has 5 rings (SSSR count). The predicted octanol–water partition coefficient (Wildman–Crippen LogP) is 3.17. The zero-order valence-electron chi connectivity index (χ0n) is 17.5. The van der Waals surface area contributed by atoms with Crippen LogP contribution >= 0.6 is 0 Å². The lowest BCUT2D eigenvalue weighted by Crippen LogP contribution is -2.38. The first-order valence-corrected chi connectivity index (χ1v) is 10.5. The zero-order valence-corrected chi connectivity index (χ0v) is 17.5. The highest BCUT2D eigenvalue weighted by molar-refractivity contribution is 5.93. The molecule has 0 saturated carbocycles. The smallest absolute Gasteiger partial charge is 0.270 e. The molecule has 1 N–H and O–H groups in total. The van der Waals surface area contributed by atoms with Gasteiger partial charge in [-0.05, 0) is 43.2 Å². The maximum atomic E-state index is 14.2. The highest BCUT2D eigenvalue weighted by atomic mass is 19.1. The number of aromatic nitrogens is 5. The molecular formula is C24H19FN6O2. The van der Waals surface area contributed by atoms with Gasteiger partial charge in [0, 0.05) is 24.4 Å². The lowest BCUT2D eigenvalue weighted by Gasteiger charge is -2.26. The van der Waals surface area contributed by atoms with Gasteiger partial charge in [-0.1, -0.05) is 18.2 Å². The van der Waals surface area contributed by atoms with Crippen molar-refractivity contribution in [3.63, 3.8) is 0 Å². The summed E-state index contributed by atoms with van der Waals surface area (Å²) in [6.07, 6.45) is 4.31. The molecule has 1 unspecified atom stereocenters. The van der Waals surface area contributed by atoms with Crippen LogP contribution in [0.5, 0.6) is 0 Å². The van der Waals surface area contributed by atoms with Gasteiger partial charge < -0.3 is 5.32 Å². The van der Waals surface area contributed by atoms with E-state index in [0.29, 0.717) is 41.4 Å². The summed E-state index contributed by atoms with van der Waals surface area (Å²) in [5.74, 6) is -0.362. The van der Waals surface area contributed by atoms with Gasteiger partial charge in [0.15, 0.2) is 0 Å². The van der Waals surface area contributed by atoms with E-state index < -0.39 is 17.8 Å². The number of hydrogen-bond donors (Lipinski definition) is 1. The third-order valence-electron chi connectivity index (χ3n) is 5.51. The fraction of sp³-hybridized carbons (Fsp3) is 0.167. The molecule has 33 heavy (non-hydrogen) atoms. The molecule has 0 spiro atoms. The van der Waals surface area contributed by atoms with Crippen molar-refractivity contribution in [2.75, 3.05) is 0 Å². The molecule has 1 aliphatic rings. The Balaban J connectivity index is 1.45. The molecule has 1 aromatic carbocycles. The second-order valence-corrected chi connectivity index (χ2v) is 7.64. The number of fused-ring (bicyclic) bond motifs is 1. The van der Waals surface area contributed by atoms with Gasteiger partial charge in [-0.15, -0.1) is 0 Å². The fourth-order valence-corrected chi connectivity index (χ4v) is 3.92. The van der Waals surface area contributed by atoms with Crippen molar-refractivity contribution in [2.24, 2.45) is 0 Å². The highest BCUT2D eigenvalue weighted by Gasteiger charge is 2.26. The van der Waals surface area contributed by atoms with Gasteiger partial charge in [-0.2, -0.15) is 0 Å². The Bertz CT molecular complexity index is 1390. The zero-order chi connectivity index (χ0) is 22.8. The number of pyridine rings is 1. The Morgan fingerprint density at radius 1 is 1.03 bits per heavy atom. The molecule has 164 valence electrons. The molecule has 0 saturated heterocycles. The lowest BCUT2D eigenvalue weighted by molar-refractivity contribution is 0.0922. The SMILES string of the molecule is O=C(NC1CCCn2c1nc(-c1ccncn1)cc2=O)c1cccc(-c2ccccc2F)n1. The van der Waals surface area contributed by atoms with Crippen molar-refractivity contribution in [2.45, 2.75) is 25.4 Å². The standard InChI is InChI=1S/C24H19FN6O2/c25-16-6-2-1-5-15(16)17-7-3-8-20(28-17)24(33)30-19-9-4-12-31-22(32)13-21(29-23(19)31)18-10-11-26-14-27-18/h1-3,5-8,10-11,13-14,19H,4,9,12H2,(H,30,33). The van der Waals surface area contributed by atoms with Crippen molar-refractivity contribution in [1.29, 1.82) is 0 Å². The number of nitrogens with one attached hydrogen (secondary N) is 1. The van der Waals surface area contributed by atoms with Gasteiger partial charge in [-0.25, -0.2) is 24.3 Å². The Labute approximate surface area is 188 Å². The van der Waals surface area contributed by atoms with Crippen LogP contribution in [0.25, 0.3) is 22.6 Å². The molecule has 0 radical (unpaired) electrons. The molecule has 1 aliphatic heterocycles. The first kappa shape index (κ1) is 20.6. The lowest BCUT2D eigenvalue weighted by atomic mass is 10.1. The minimum Gasteiger partial charge on any atom is -0.341 e. The summed E-state index contributed by atoms with van der Waals surface area (Å²) in [6, 6.07) is 13.8. The molecule has 9 heteroatoms. The summed E-state index contributed by atoms with van der Waals surface area (Å²) in [5, 5.41) is 2.94. The van der Waals surface area contributed by atoms with E-state index in [9.17, 15) is 14.0 Å². The van der Waals surface area contributed by atoms with E-state index >= 15 is 0 Å². The van der Waals surface area contributed by atoms with E-state index in [-0.39, 0.29) is 11.3 Å². The van der Waals surface area contributed by atoms with E-state index in [1.165, 1.54) is 18.5 Å². The molecule has 4 aromatic rings. The number of carbonyl (C=O) groups excluding carboxylic acids is 1. The Morgan fingerprint density at radius 3 is 2.73 bits per heavy atom. The number of benzene rings is 1. The first-order chi connectivity index (χ1) is 16.1. The van der Waals surface area contributed by atoms with Crippen LogP contribution in [0.4, 0.5) is 4.39 Å². The van der Waals surface area contributed by atoms with Crippen LogP contribution in [0.3, 0.4) is 0 Å². The highest BCUT2D eigenvalue weighted by Crippen LogP contribution is 2.25. The minimum atomic E-state index is -0.473. The molecule has 0 fully saturated rings. The summed E-state index contributed by atoms with van der Waals surface area (Å²) < 4.78 is 15.7. The number of halogens is 1. The molecule has 1 amide bonds. The van der Waals surface area contributed by atoms with Gasteiger partial charge in [0.25, 0.3) is 11.5 Å². The van der Waals surface area contributed by atoms with Crippen LogP contribution in [0.15, 0.2) is 71.9 Å². The predicted molar refractivity (Wildman–Crippen MR) is 119 cm³/mol. The largest absolute Gasteiger partial charge is 0.341 e. The summed E-state index contributed by atoms with van der Waals surface area (Å²) >= 11 is 0. The maximum absolute atomic E-state index is 14.2. The fourth-order valence-electron chi connectivity index (χ4n) is 3.92. The van der Waals surface area contributed by atoms with Crippen molar-refractivity contribution < 1.29 is 9.18 Å². The molecule has 0 bridgehead atoms. The summed E-state index contributed by atoms with van der Waals surface area (Å²) in [7, 11) is 0. The van der Waals surface area contributed by atoms with Crippen LogP contribution in [0.2, 0.25) is 0 Å². The monoisotopic (exact) mass is 442 g/mol. The van der Waals surface area contributed by atoms with E-state index in [1.54, 1.807) is 53.2 Å². The Morgan fingerprint density at radius 2 is 1.91 bits per heavy atom. The Hall–Kier alpha value is -4.27. The molecule has 0 aliphatic carbocycles. The van der Waals surface area contributed by atoms with E-state index in [1.807, 2.05) is 0 Å². The average molecular weight is 442 g/mol. The van der Waals surface area contributed by atoms with E-state index in [0.717, 1.165) is 6.42 Å². The van der Waals surface area contributed by atoms with Crippen LogP contribution in [-0.4, -0.2) is 30.4 Å². The third-order valence-corrected chi connectivity index (χ3v) is 5.51. The summed E-state index contributed by atoms with van der Waals surface area (Å²) in [4.78, 5) is 42.8. The van der Waals surface area contributed by atoms with Gasteiger partial charge >= 0.3 is 0 Å². The number of amides is 1. The normalized spacial score (nSPS) is 15.0. The number of rotatable bonds is 4. The van der Waals surface area contributed by atoms with Crippen molar-refractivity contribution in [1.82, 2.24) is 29.8 Å². The second kappa shape index (κ2) is 8.70. The molecule has 4 heterocycles. The maximum Gasteiger partial charge on any atom is 0.270 e. The quantitative estimate of drug-likeness (QED) is 0.521. The van der Waals surface area contributed by atoms with Crippen LogP contribution < -0.4 is 10.9 Å². The Kier molecular flexibility index (Phi) is 5.43.